The predicted molar refractivity (Wildman–Crippen MR) is 44.1 cm³/mol. The van der Waals surface area contributed by atoms with Crippen LogP contribution in [0.5, 0.6) is 0 Å². The maximum Gasteiger partial charge on any atom is 0.196 e. The van der Waals surface area contributed by atoms with Crippen molar-refractivity contribution in [3.8, 4) is 11.3 Å². The molecule has 0 amide bonds. The Labute approximate surface area is 77.3 Å². The number of nitrogens with zero attached hydrogens (tertiary/aromatic N) is 2. The van der Waals surface area contributed by atoms with Crippen LogP contribution in [-0.2, 0) is 0 Å². The number of nitrogens with two attached hydrogens (primary N) is 1. The average molecular weight is 197 g/mol. The van der Waals surface area contributed by atoms with Crippen LogP contribution < -0.4 is 5.73 Å². The first-order chi connectivity index (χ1) is 6.70. The van der Waals surface area contributed by atoms with Gasteiger partial charge in [-0.2, -0.15) is 0 Å². The standard InChI is InChI=1S/C8H5F2N3O/c9-4-2-1-3-5(10)6(4)7-8(11)13-14-12-7/h1-3H,(H2,11,13). The van der Waals surface area contributed by atoms with Gasteiger partial charge in [0.05, 0.1) is 5.56 Å². The van der Waals surface area contributed by atoms with Crippen LogP contribution in [0, 0.1) is 11.6 Å². The molecule has 1 heterocycles. The summed E-state index contributed by atoms with van der Waals surface area (Å²) in [6.45, 7) is 0. The molecule has 1 aromatic carbocycles. The van der Waals surface area contributed by atoms with Crippen LogP contribution in [0.2, 0.25) is 0 Å². The van der Waals surface area contributed by atoms with Gasteiger partial charge >= 0.3 is 0 Å². The Morgan fingerprint density at radius 2 is 1.79 bits per heavy atom. The molecule has 2 rings (SSSR count). The van der Waals surface area contributed by atoms with Crippen LogP contribution in [-0.4, -0.2) is 10.3 Å². The van der Waals surface area contributed by atoms with Gasteiger partial charge in [0.1, 0.15) is 11.6 Å². The van der Waals surface area contributed by atoms with Crippen LogP contribution >= 0.6 is 0 Å². The summed E-state index contributed by atoms with van der Waals surface area (Å²) in [6, 6.07) is 3.46. The Hall–Kier alpha value is -1.98. The summed E-state index contributed by atoms with van der Waals surface area (Å²) >= 11 is 0. The molecular weight excluding hydrogens is 192 g/mol. The normalized spacial score (nSPS) is 10.4. The fourth-order valence-electron chi connectivity index (χ4n) is 1.09. The molecule has 0 aliphatic rings. The quantitative estimate of drug-likeness (QED) is 0.753. The minimum Gasteiger partial charge on any atom is -0.379 e. The molecule has 0 fully saturated rings. The third kappa shape index (κ3) is 1.20. The summed E-state index contributed by atoms with van der Waals surface area (Å²) in [5.74, 6) is -1.66. The van der Waals surface area contributed by atoms with Gasteiger partial charge < -0.3 is 5.73 Å². The monoisotopic (exact) mass is 197 g/mol. The number of hydrogen-bond acceptors (Lipinski definition) is 4. The van der Waals surface area contributed by atoms with E-state index in [4.69, 9.17) is 5.73 Å². The van der Waals surface area contributed by atoms with Crippen LogP contribution in [0.3, 0.4) is 0 Å². The van der Waals surface area contributed by atoms with Gasteiger partial charge in [-0.15, -0.1) is 0 Å². The fourth-order valence-corrected chi connectivity index (χ4v) is 1.09. The van der Waals surface area contributed by atoms with Crippen molar-refractivity contribution < 1.29 is 13.4 Å². The van der Waals surface area contributed by atoms with E-state index in [0.717, 1.165) is 12.1 Å². The number of nitrogen functional groups attached to an aromatic ring is 1. The molecule has 2 aromatic rings. The molecule has 0 spiro atoms. The molecule has 0 aliphatic heterocycles. The molecule has 2 N–H and O–H groups in total. The zero-order valence-corrected chi connectivity index (χ0v) is 6.87. The molecule has 6 heteroatoms. The zero-order chi connectivity index (χ0) is 10.1. The van der Waals surface area contributed by atoms with Gasteiger partial charge in [0, 0.05) is 0 Å². The lowest BCUT2D eigenvalue weighted by Gasteiger charge is -1.99. The third-order valence-corrected chi connectivity index (χ3v) is 1.71. The van der Waals surface area contributed by atoms with Gasteiger partial charge in [0.2, 0.25) is 0 Å². The van der Waals surface area contributed by atoms with Crippen molar-refractivity contribution in [1.82, 2.24) is 10.3 Å². The third-order valence-electron chi connectivity index (χ3n) is 1.71. The molecular formula is C8H5F2N3O. The van der Waals surface area contributed by atoms with E-state index in [1.807, 2.05) is 0 Å². The van der Waals surface area contributed by atoms with Crippen molar-refractivity contribution in [2.45, 2.75) is 0 Å². The SMILES string of the molecule is Nc1nonc1-c1c(F)cccc1F. The summed E-state index contributed by atoms with van der Waals surface area (Å²) in [5.41, 5.74) is 4.86. The first kappa shape index (κ1) is 8.61. The molecule has 0 saturated heterocycles. The van der Waals surface area contributed by atoms with E-state index >= 15 is 0 Å². The fraction of sp³-hybridized carbons (Fsp3) is 0. The van der Waals surface area contributed by atoms with Gasteiger partial charge in [0.15, 0.2) is 11.5 Å². The highest BCUT2D eigenvalue weighted by atomic mass is 19.1. The number of hydrogen-bond donors (Lipinski definition) is 1. The van der Waals surface area contributed by atoms with Crippen LogP contribution in [0.4, 0.5) is 14.6 Å². The Kier molecular flexibility index (Phi) is 1.88. The Morgan fingerprint density at radius 1 is 1.14 bits per heavy atom. The molecule has 0 aliphatic carbocycles. The Balaban J connectivity index is 2.68. The molecule has 72 valence electrons. The van der Waals surface area contributed by atoms with E-state index in [1.165, 1.54) is 6.07 Å². The summed E-state index contributed by atoms with van der Waals surface area (Å²) in [5, 5.41) is 6.55. The highest BCUT2D eigenvalue weighted by molar-refractivity contribution is 5.69. The second-order valence-electron chi connectivity index (χ2n) is 2.59. The van der Waals surface area contributed by atoms with Crippen LogP contribution in [0.15, 0.2) is 22.8 Å². The highest BCUT2D eigenvalue weighted by Gasteiger charge is 2.17. The van der Waals surface area contributed by atoms with Crippen molar-refractivity contribution in [2.24, 2.45) is 0 Å². The maximum atomic E-state index is 13.2. The number of benzene rings is 1. The molecule has 0 unspecified atom stereocenters. The molecule has 4 nitrogen and oxygen atoms in total. The second-order valence-corrected chi connectivity index (χ2v) is 2.59. The number of rotatable bonds is 1. The summed E-state index contributed by atoms with van der Waals surface area (Å²) in [6.07, 6.45) is 0. The largest absolute Gasteiger partial charge is 0.379 e. The molecule has 1 aromatic heterocycles. The van der Waals surface area contributed by atoms with Gasteiger partial charge in [0.25, 0.3) is 0 Å². The predicted octanol–water partition coefficient (Wildman–Crippen LogP) is 1.60. The number of halogens is 2. The van der Waals surface area contributed by atoms with E-state index in [1.54, 1.807) is 0 Å². The first-order valence-electron chi connectivity index (χ1n) is 3.72. The van der Waals surface area contributed by atoms with E-state index in [2.05, 4.69) is 14.9 Å². The molecule has 0 saturated carbocycles. The number of anilines is 1. The van der Waals surface area contributed by atoms with Crippen LogP contribution in [0.25, 0.3) is 11.3 Å². The van der Waals surface area contributed by atoms with E-state index in [-0.39, 0.29) is 17.1 Å². The minimum absolute atomic E-state index is 0.124. The summed E-state index contributed by atoms with van der Waals surface area (Å²) in [7, 11) is 0. The van der Waals surface area contributed by atoms with E-state index in [0.29, 0.717) is 0 Å². The van der Waals surface area contributed by atoms with Crippen molar-refractivity contribution in [3.63, 3.8) is 0 Å². The molecule has 0 radical (unpaired) electrons. The Bertz CT molecular complexity index is 449. The van der Waals surface area contributed by atoms with Crippen molar-refractivity contribution in [1.29, 1.82) is 0 Å². The van der Waals surface area contributed by atoms with Crippen molar-refractivity contribution in [2.75, 3.05) is 5.73 Å². The van der Waals surface area contributed by atoms with E-state index < -0.39 is 11.6 Å². The van der Waals surface area contributed by atoms with E-state index in [9.17, 15) is 8.78 Å². The lowest BCUT2D eigenvalue weighted by Crippen LogP contribution is -1.94. The van der Waals surface area contributed by atoms with Gasteiger partial charge in [-0.25, -0.2) is 13.4 Å². The topological polar surface area (TPSA) is 64.9 Å². The minimum atomic E-state index is -0.757. The highest BCUT2D eigenvalue weighted by Crippen LogP contribution is 2.27. The van der Waals surface area contributed by atoms with Gasteiger partial charge in [-0.05, 0) is 22.4 Å². The lowest BCUT2D eigenvalue weighted by molar-refractivity contribution is 0.310. The van der Waals surface area contributed by atoms with Crippen molar-refractivity contribution in [3.05, 3.63) is 29.8 Å². The summed E-state index contributed by atoms with van der Waals surface area (Å²) < 4.78 is 30.6. The molecule has 0 bridgehead atoms. The molecule has 0 atom stereocenters. The zero-order valence-electron chi connectivity index (χ0n) is 6.87. The first-order valence-corrected chi connectivity index (χ1v) is 3.72. The second kappa shape index (κ2) is 3.06. The molecule has 14 heavy (non-hydrogen) atoms. The maximum absolute atomic E-state index is 13.2. The summed E-state index contributed by atoms with van der Waals surface area (Å²) in [4.78, 5) is 0. The van der Waals surface area contributed by atoms with Crippen LogP contribution in [0.1, 0.15) is 0 Å². The van der Waals surface area contributed by atoms with Gasteiger partial charge in [-0.3, -0.25) is 0 Å². The van der Waals surface area contributed by atoms with Crippen molar-refractivity contribution >= 4 is 5.82 Å². The smallest absolute Gasteiger partial charge is 0.196 e. The number of aromatic nitrogens is 2. The average Bonchev–Trinajstić information content (AvgIpc) is 2.52. The Morgan fingerprint density at radius 3 is 2.29 bits per heavy atom. The lowest BCUT2D eigenvalue weighted by atomic mass is 10.1. The van der Waals surface area contributed by atoms with Gasteiger partial charge in [-0.1, -0.05) is 6.07 Å².